The van der Waals surface area contributed by atoms with Crippen LogP contribution in [0.15, 0.2) is 35.5 Å². The van der Waals surface area contributed by atoms with Gasteiger partial charge in [-0.3, -0.25) is 9.63 Å². The zero-order valence-corrected chi connectivity index (χ0v) is 7.96. The van der Waals surface area contributed by atoms with E-state index in [1.807, 2.05) is 18.2 Å². The number of hydroxylamine groups is 1. The highest BCUT2D eigenvalue weighted by Crippen LogP contribution is 2.18. The van der Waals surface area contributed by atoms with Crippen molar-refractivity contribution in [3.8, 4) is 0 Å². The van der Waals surface area contributed by atoms with E-state index < -0.39 is 0 Å². The molecule has 0 atom stereocenters. The van der Waals surface area contributed by atoms with Crippen LogP contribution >= 0.6 is 0 Å². The van der Waals surface area contributed by atoms with Crippen LogP contribution in [0.3, 0.4) is 0 Å². The summed E-state index contributed by atoms with van der Waals surface area (Å²) in [6.45, 7) is 0.136. The molecule has 1 aliphatic heterocycles. The summed E-state index contributed by atoms with van der Waals surface area (Å²) in [6, 6.07) is 9.06. The standard InChI is InChI=1S/C10H10N2O3/c13-10-6-8(11-14)7-15-12(10)9-4-2-1-3-5-9/h1-5,14H,6-7H2/b11-8+. The molecule has 0 spiro atoms. The first-order chi connectivity index (χ1) is 7.31. The van der Waals surface area contributed by atoms with Gasteiger partial charge in [0.05, 0.1) is 17.8 Å². The van der Waals surface area contributed by atoms with Crippen molar-refractivity contribution in [3.05, 3.63) is 30.3 Å². The Morgan fingerprint density at radius 3 is 2.67 bits per heavy atom. The fourth-order valence-corrected chi connectivity index (χ4v) is 1.35. The second-order valence-corrected chi connectivity index (χ2v) is 3.14. The molecule has 1 amide bonds. The number of hydrogen-bond acceptors (Lipinski definition) is 4. The van der Waals surface area contributed by atoms with Gasteiger partial charge in [0.2, 0.25) is 0 Å². The Morgan fingerprint density at radius 2 is 2.07 bits per heavy atom. The Labute approximate surface area is 86.5 Å². The number of carbonyl (C=O) groups excluding carboxylic acids is 1. The van der Waals surface area contributed by atoms with Gasteiger partial charge < -0.3 is 5.21 Å². The minimum absolute atomic E-state index is 0.0887. The molecule has 1 saturated heterocycles. The molecule has 15 heavy (non-hydrogen) atoms. The minimum atomic E-state index is -0.236. The molecule has 5 heteroatoms. The highest BCUT2D eigenvalue weighted by atomic mass is 16.7. The van der Waals surface area contributed by atoms with E-state index in [4.69, 9.17) is 10.0 Å². The molecule has 1 aromatic carbocycles. The Bertz CT molecular complexity index is 389. The third-order valence-corrected chi connectivity index (χ3v) is 2.07. The predicted molar refractivity (Wildman–Crippen MR) is 53.7 cm³/mol. The lowest BCUT2D eigenvalue weighted by Crippen LogP contribution is -2.40. The van der Waals surface area contributed by atoms with Crippen LogP contribution in [0.2, 0.25) is 0 Å². The quantitative estimate of drug-likeness (QED) is 0.554. The number of para-hydroxylation sites is 1. The topological polar surface area (TPSA) is 62.1 Å². The molecule has 1 fully saturated rings. The normalized spacial score (nSPS) is 19.6. The van der Waals surface area contributed by atoms with Gasteiger partial charge in [0, 0.05) is 0 Å². The lowest BCUT2D eigenvalue weighted by atomic mass is 10.2. The Balaban J connectivity index is 2.17. The van der Waals surface area contributed by atoms with Gasteiger partial charge in [0.1, 0.15) is 6.61 Å². The Kier molecular flexibility index (Phi) is 2.64. The maximum atomic E-state index is 11.6. The van der Waals surface area contributed by atoms with Crippen molar-refractivity contribution in [2.45, 2.75) is 6.42 Å². The third kappa shape index (κ3) is 1.97. The summed E-state index contributed by atoms with van der Waals surface area (Å²) in [5, 5.41) is 12.7. The third-order valence-electron chi connectivity index (χ3n) is 2.07. The van der Waals surface area contributed by atoms with Gasteiger partial charge in [-0.2, -0.15) is 5.06 Å². The number of hydrogen-bond donors (Lipinski definition) is 1. The van der Waals surface area contributed by atoms with Gasteiger partial charge in [-0.05, 0) is 12.1 Å². The highest BCUT2D eigenvalue weighted by Gasteiger charge is 2.25. The molecule has 1 heterocycles. The Hall–Kier alpha value is -1.88. The van der Waals surface area contributed by atoms with Crippen molar-refractivity contribution in [1.29, 1.82) is 0 Å². The molecule has 1 N–H and O–H groups in total. The van der Waals surface area contributed by atoms with E-state index in [0.29, 0.717) is 11.4 Å². The molecule has 0 radical (unpaired) electrons. The summed E-state index contributed by atoms with van der Waals surface area (Å²) < 4.78 is 0. The monoisotopic (exact) mass is 206 g/mol. The second kappa shape index (κ2) is 4.10. The minimum Gasteiger partial charge on any atom is -0.411 e. The lowest BCUT2D eigenvalue weighted by molar-refractivity contribution is -0.125. The fourth-order valence-electron chi connectivity index (χ4n) is 1.35. The number of rotatable bonds is 1. The van der Waals surface area contributed by atoms with Crippen LogP contribution in [0.25, 0.3) is 0 Å². The summed E-state index contributed by atoms with van der Waals surface area (Å²) in [4.78, 5) is 16.7. The highest BCUT2D eigenvalue weighted by molar-refractivity contribution is 6.08. The maximum absolute atomic E-state index is 11.6. The average molecular weight is 206 g/mol. The SMILES string of the molecule is O=C1C/C(=N\O)CON1c1ccccc1. The summed E-state index contributed by atoms with van der Waals surface area (Å²) in [5.41, 5.74) is 1.02. The van der Waals surface area contributed by atoms with E-state index in [1.165, 1.54) is 5.06 Å². The molecule has 5 nitrogen and oxygen atoms in total. The van der Waals surface area contributed by atoms with Crippen LogP contribution in [0.1, 0.15) is 6.42 Å². The van der Waals surface area contributed by atoms with E-state index in [-0.39, 0.29) is 18.9 Å². The molecule has 0 saturated carbocycles. The zero-order chi connectivity index (χ0) is 10.7. The summed E-state index contributed by atoms with van der Waals surface area (Å²) in [7, 11) is 0. The van der Waals surface area contributed by atoms with Crippen molar-refractivity contribution in [2.75, 3.05) is 11.7 Å². The Morgan fingerprint density at radius 1 is 1.33 bits per heavy atom. The van der Waals surface area contributed by atoms with Crippen LogP contribution in [-0.4, -0.2) is 23.4 Å². The number of anilines is 1. The molecular weight excluding hydrogens is 196 g/mol. The molecule has 0 bridgehead atoms. The van der Waals surface area contributed by atoms with Gasteiger partial charge in [-0.25, -0.2) is 0 Å². The summed E-state index contributed by atoms with van der Waals surface area (Å²) >= 11 is 0. The number of carbonyl (C=O) groups is 1. The van der Waals surface area contributed by atoms with E-state index >= 15 is 0 Å². The number of benzene rings is 1. The molecule has 0 aliphatic carbocycles. The van der Waals surface area contributed by atoms with Crippen LogP contribution in [-0.2, 0) is 9.63 Å². The van der Waals surface area contributed by atoms with Gasteiger partial charge in [-0.1, -0.05) is 23.4 Å². The van der Waals surface area contributed by atoms with Crippen LogP contribution < -0.4 is 5.06 Å². The van der Waals surface area contributed by atoms with Crippen molar-refractivity contribution in [1.82, 2.24) is 0 Å². The molecule has 1 aromatic rings. The van der Waals surface area contributed by atoms with E-state index in [0.717, 1.165) is 0 Å². The van der Waals surface area contributed by atoms with Crippen LogP contribution in [0.4, 0.5) is 5.69 Å². The maximum Gasteiger partial charge on any atom is 0.256 e. The predicted octanol–water partition coefficient (Wildman–Crippen LogP) is 1.19. The molecule has 0 aromatic heterocycles. The second-order valence-electron chi connectivity index (χ2n) is 3.14. The molecular formula is C10H10N2O3. The summed E-state index contributed by atoms with van der Waals surface area (Å²) in [6.07, 6.45) is 0.0887. The summed E-state index contributed by atoms with van der Waals surface area (Å²) in [5.74, 6) is -0.236. The first-order valence-electron chi connectivity index (χ1n) is 4.52. The number of nitrogens with zero attached hydrogens (tertiary/aromatic N) is 2. The first-order valence-corrected chi connectivity index (χ1v) is 4.52. The van der Waals surface area contributed by atoms with E-state index in [2.05, 4.69) is 5.16 Å². The fraction of sp³-hybridized carbons (Fsp3) is 0.200. The largest absolute Gasteiger partial charge is 0.411 e. The van der Waals surface area contributed by atoms with Crippen molar-refractivity contribution in [3.63, 3.8) is 0 Å². The first kappa shape index (κ1) is 9.67. The van der Waals surface area contributed by atoms with Gasteiger partial charge >= 0.3 is 0 Å². The van der Waals surface area contributed by atoms with Gasteiger partial charge in [0.15, 0.2) is 0 Å². The van der Waals surface area contributed by atoms with E-state index in [1.54, 1.807) is 12.1 Å². The molecule has 2 rings (SSSR count). The van der Waals surface area contributed by atoms with Gasteiger partial charge in [0.25, 0.3) is 5.91 Å². The average Bonchev–Trinajstić information content (AvgIpc) is 2.30. The lowest BCUT2D eigenvalue weighted by Gasteiger charge is -2.25. The van der Waals surface area contributed by atoms with Gasteiger partial charge in [-0.15, -0.1) is 0 Å². The van der Waals surface area contributed by atoms with Crippen molar-refractivity contribution in [2.24, 2.45) is 5.16 Å². The van der Waals surface area contributed by atoms with Crippen molar-refractivity contribution >= 4 is 17.3 Å². The molecule has 0 unspecified atom stereocenters. The van der Waals surface area contributed by atoms with Crippen LogP contribution in [0.5, 0.6) is 0 Å². The zero-order valence-electron chi connectivity index (χ0n) is 7.96. The smallest absolute Gasteiger partial charge is 0.256 e. The number of oxime groups is 1. The number of amides is 1. The molecule has 1 aliphatic rings. The van der Waals surface area contributed by atoms with Crippen LogP contribution in [0, 0.1) is 0 Å². The van der Waals surface area contributed by atoms with Crippen molar-refractivity contribution < 1.29 is 14.8 Å². The van der Waals surface area contributed by atoms with E-state index in [9.17, 15) is 4.79 Å². The molecule has 78 valence electrons.